The highest BCUT2D eigenvalue weighted by Gasteiger charge is 2.10. The maximum atomic E-state index is 6.04. The van der Waals surface area contributed by atoms with Crippen molar-refractivity contribution in [2.24, 2.45) is 0 Å². The first kappa shape index (κ1) is 14.6. The minimum atomic E-state index is 0.533. The lowest BCUT2D eigenvalue weighted by Crippen LogP contribution is -2.14. The molecule has 3 rings (SSSR count). The Morgan fingerprint density at radius 2 is 2.09 bits per heavy atom. The van der Waals surface area contributed by atoms with Gasteiger partial charge in [-0.05, 0) is 44.3 Å². The standard InChI is InChI=1S/C18H21N3O/c1-21(2)10-8-15-12-20-16-6-3-7-17(18(15)16)22-13-14-5-4-9-19-11-14/h3-7,9,11-12,20H,8,10,13H2,1-2H3. The molecule has 2 aromatic heterocycles. The van der Waals surface area contributed by atoms with E-state index in [0.717, 1.165) is 29.8 Å². The summed E-state index contributed by atoms with van der Waals surface area (Å²) in [6.45, 7) is 1.55. The smallest absolute Gasteiger partial charge is 0.129 e. The van der Waals surface area contributed by atoms with Gasteiger partial charge in [0, 0.05) is 41.6 Å². The monoisotopic (exact) mass is 295 g/mol. The summed E-state index contributed by atoms with van der Waals surface area (Å²) in [5, 5.41) is 1.19. The summed E-state index contributed by atoms with van der Waals surface area (Å²) in [6.07, 6.45) is 6.70. The van der Waals surface area contributed by atoms with Crippen LogP contribution in [0.25, 0.3) is 10.9 Å². The maximum absolute atomic E-state index is 6.04. The molecule has 0 atom stereocenters. The fourth-order valence-electron chi connectivity index (χ4n) is 2.53. The van der Waals surface area contributed by atoms with Crippen molar-refractivity contribution in [1.82, 2.24) is 14.9 Å². The highest BCUT2D eigenvalue weighted by Crippen LogP contribution is 2.29. The molecule has 2 heterocycles. The molecular weight excluding hydrogens is 274 g/mol. The summed E-state index contributed by atoms with van der Waals surface area (Å²) < 4.78 is 6.04. The lowest BCUT2D eigenvalue weighted by molar-refractivity contribution is 0.309. The van der Waals surface area contributed by atoms with Crippen LogP contribution < -0.4 is 4.74 Å². The molecule has 1 N–H and O–H groups in total. The van der Waals surface area contributed by atoms with Crippen LogP contribution in [0.15, 0.2) is 48.9 Å². The van der Waals surface area contributed by atoms with Crippen molar-refractivity contribution in [3.05, 3.63) is 60.0 Å². The third kappa shape index (κ3) is 3.28. The van der Waals surface area contributed by atoms with Crippen LogP contribution in [-0.4, -0.2) is 35.5 Å². The van der Waals surface area contributed by atoms with Gasteiger partial charge in [-0.1, -0.05) is 12.1 Å². The molecule has 3 aromatic rings. The number of H-pyrrole nitrogens is 1. The third-order valence-corrected chi connectivity index (χ3v) is 3.69. The first-order valence-corrected chi connectivity index (χ1v) is 7.49. The zero-order valence-corrected chi connectivity index (χ0v) is 13.0. The Morgan fingerprint density at radius 3 is 2.86 bits per heavy atom. The largest absolute Gasteiger partial charge is 0.488 e. The lowest BCUT2D eigenvalue weighted by atomic mass is 10.1. The van der Waals surface area contributed by atoms with E-state index in [1.807, 2.05) is 30.5 Å². The van der Waals surface area contributed by atoms with Gasteiger partial charge in [0.05, 0.1) is 0 Å². The molecule has 0 radical (unpaired) electrons. The second kappa shape index (κ2) is 6.62. The average molecular weight is 295 g/mol. The van der Waals surface area contributed by atoms with Gasteiger partial charge < -0.3 is 14.6 Å². The molecule has 4 nitrogen and oxygen atoms in total. The van der Waals surface area contributed by atoms with Crippen molar-refractivity contribution in [2.45, 2.75) is 13.0 Å². The number of rotatable bonds is 6. The number of aromatic amines is 1. The van der Waals surface area contributed by atoms with Crippen LogP contribution in [0.1, 0.15) is 11.1 Å². The van der Waals surface area contributed by atoms with Gasteiger partial charge in [-0.2, -0.15) is 0 Å². The van der Waals surface area contributed by atoms with Crippen LogP contribution in [0.5, 0.6) is 5.75 Å². The lowest BCUT2D eigenvalue weighted by Gasteiger charge is -2.11. The Kier molecular flexibility index (Phi) is 4.39. The van der Waals surface area contributed by atoms with E-state index >= 15 is 0 Å². The van der Waals surface area contributed by atoms with Crippen LogP contribution in [0.2, 0.25) is 0 Å². The number of benzene rings is 1. The number of nitrogens with one attached hydrogen (secondary N) is 1. The second-order valence-electron chi connectivity index (χ2n) is 5.70. The van der Waals surface area contributed by atoms with Gasteiger partial charge in [-0.3, -0.25) is 4.98 Å². The zero-order valence-electron chi connectivity index (χ0n) is 13.0. The normalized spacial score (nSPS) is 11.2. The zero-order chi connectivity index (χ0) is 15.4. The van der Waals surface area contributed by atoms with Crippen LogP contribution in [0.4, 0.5) is 0 Å². The van der Waals surface area contributed by atoms with Gasteiger partial charge in [0.15, 0.2) is 0 Å². The molecule has 0 aliphatic carbocycles. The van der Waals surface area contributed by atoms with Gasteiger partial charge in [0.2, 0.25) is 0 Å². The third-order valence-electron chi connectivity index (χ3n) is 3.69. The fourth-order valence-corrected chi connectivity index (χ4v) is 2.53. The second-order valence-corrected chi connectivity index (χ2v) is 5.70. The molecule has 0 saturated heterocycles. The van der Waals surface area contributed by atoms with Gasteiger partial charge in [0.25, 0.3) is 0 Å². The topological polar surface area (TPSA) is 41.2 Å². The number of ether oxygens (including phenoxy) is 1. The summed E-state index contributed by atoms with van der Waals surface area (Å²) in [6, 6.07) is 10.1. The predicted molar refractivity (Wildman–Crippen MR) is 89.1 cm³/mol. The van der Waals surface area contributed by atoms with Crippen molar-refractivity contribution < 1.29 is 4.74 Å². The summed E-state index contributed by atoms with van der Waals surface area (Å²) in [5.74, 6) is 0.927. The highest BCUT2D eigenvalue weighted by atomic mass is 16.5. The Hall–Kier alpha value is -2.33. The number of fused-ring (bicyclic) bond motifs is 1. The number of hydrogen-bond donors (Lipinski definition) is 1. The predicted octanol–water partition coefficient (Wildman–Crippen LogP) is 3.25. The number of pyridine rings is 1. The van der Waals surface area contributed by atoms with E-state index in [9.17, 15) is 0 Å². The van der Waals surface area contributed by atoms with E-state index in [0.29, 0.717) is 6.61 Å². The van der Waals surface area contributed by atoms with Crippen molar-refractivity contribution in [2.75, 3.05) is 20.6 Å². The Labute approximate surface area is 130 Å². The summed E-state index contributed by atoms with van der Waals surface area (Å²) in [7, 11) is 4.18. The van der Waals surface area contributed by atoms with Crippen LogP contribution in [-0.2, 0) is 13.0 Å². The molecule has 0 saturated carbocycles. The summed E-state index contributed by atoms with van der Waals surface area (Å²) >= 11 is 0. The minimum Gasteiger partial charge on any atom is -0.488 e. The number of aromatic nitrogens is 2. The molecule has 0 aliphatic rings. The molecule has 0 amide bonds. The van der Waals surface area contributed by atoms with E-state index in [-0.39, 0.29) is 0 Å². The number of hydrogen-bond acceptors (Lipinski definition) is 3. The Balaban J connectivity index is 1.83. The van der Waals surface area contributed by atoms with Crippen LogP contribution in [0.3, 0.4) is 0 Å². The minimum absolute atomic E-state index is 0.533. The quantitative estimate of drug-likeness (QED) is 0.759. The molecule has 0 bridgehead atoms. The molecular formula is C18H21N3O. The molecule has 0 aliphatic heterocycles. The van der Waals surface area contributed by atoms with Gasteiger partial charge >= 0.3 is 0 Å². The van der Waals surface area contributed by atoms with Crippen molar-refractivity contribution in [1.29, 1.82) is 0 Å². The van der Waals surface area contributed by atoms with E-state index < -0.39 is 0 Å². The molecule has 0 fully saturated rings. The molecule has 0 unspecified atom stereocenters. The van der Waals surface area contributed by atoms with Gasteiger partial charge in [-0.25, -0.2) is 0 Å². The SMILES string of the molecule is CN(C)CCc1c[nH]c2cccc(OCc3cccnc3)c12. The van der Waals surface area contributed by atoms with Crippen molar-refractivity contribution >= 4 is 10.9 Å². The molecule has 0 spiro atoms. The number of likely N-dealkylation sites (N-methyl/N-ethyl adjacent to an activating group) is 1. The fraction of sp³-hybridized carbons (Fsp3) is 0.278. The first-order valence-electron chi connectivity index (χ1n) is 7.49. The number of nitrogens with zero attached hydrogens (tertiary/aromatic N) is 2. The molecule has 114 valence electrons. The van der Waals surface area contributed by atoms with E-state index in [4.69, 9.17) is 4.74 Å². The van der Waals surface area contributed by atoms with Crippen LogP contribution in [0, 0.1) is 0 Å². The van der Waals surface area contributed by atoms with Crippen LogP contribution >= 0.6 is 0 Å². The molecule has 1 aromatic carbocycles. The summed E-state index contributed by atoms with van der Waals surface area (Å²) in [5.41, 5.74) is 3.49. The summed E-state index contributed by atoms with van der Waals surface area (Å²) in [4.78, 5) is 9.66. The maximum Gasteiger partial charge on any atom is 0.129 e. The highest BCUT2D eigenvalue weighted by molar-refractivity contribution is 5.89. The van der Waals surface area contributed by atoms with Crippen molar-refractivity contribution in [3.8, 4) is 5.75 Å². The van der Waals surface area contributed by atoms with E-state index in [1.54, 1.807) is 6.20 Å². The van der Waals surface area contributed by atoms with Gasteiger partial charge in [0.1, 0.15) is 12.4 Å². The van der Waals surface area contributed by atoms with Gasteiger partial charge in [-0.15, -0.1) is 0 Å². The molecule has 4 heteroatoms. The van der Waals surface area contributed by atoms with E-state index in [1.165, 1.54) is 10.9 Å². The van der Waals surface area contributed by atoms with E-state index in [2.05, 4.69) is 41.2 Å². The Bertz CT molecular complexity index is 734. The first-order chi connectivity index (χ1) is 10.7. The average Bonchev–Trinajstić information content (AvgIpc) is 2.96. The molecule has 22 heavy (non-hydrogen) atoms. The van der Waals surface area contributed by atoms with Crippen molar-refractivity contribution in [3.63, 3.8) is 0 Å². The Morgan fingerprint density at radius 1 is 1.18 bits per heavy atom.